The van der Waals surface area contributed by atoms with Crippen LogP contribution in [0.5, 0.6) is 0 Å². The van der Waals surface area contributed by atoms with Crippen molar-refractivity contribution in [2.45, 2.75) is 26.3 Å². The molecule has 1 unspecified atom stereocenters. The van der Waals surface area contributed by atoms with E-state index in [2.05, 4.69) is 16.7 Å². The Morgan fingerprint density at radius 1 is 1.41 bits per heavy atom. The van der Waals surface area contributed by atoms with Crippen LogP contribution in [0.25, 0.3) is 0 Å². The van der Waals surface area contributed by atoms with E-state index in [0.717, 1.165) is 22.4 Å². The van der Waals surface area contributed by atoms with Gasteiger partial charge in [-0.25, -0.2) is 0 Å². The number of rotatable bonds is 4. The van der Waals surface area contributed by atoms with Crippen LogP contribution in [0.2, 0.25) is 0 Å². The van der Waals surface area contributed by atoms with Gasteiger partial charge in [-0.1, -0.05) is 6.07 Å². The minimum Gasteiger partial charge on any atom is -0.396 e. The summed E-state index contributed by atoms with van der Waals surface area (Å²) in [5.74, 6) is -0.00774. The van der Waals surface area contributed by atoms with Gasteiger partial charge in [0.2, 0.25) is 5.91 Å². The minimum absolute atomic E-state index is 0.00774. The first kappa shape index (κ1) is 12.1. The average Bonchev–Trinajstić information content (AvgIpc) is 2.55. The summed E-state index contributed by atoms with van der Waals surface area (Å²) >= 11 is 0. The highest BCUT2D eigenvalue weighted by molar-refractivity contribution is 6.03. The molecule has 1 heterocycles. The number of nitrogens with one attached hydrogen (secondary N) is 2. The molecule has 2 rings (SSSR count). The van der Waals surface area contributed by atoms with Gasteiger partial charge in [0.1, 0.15) is 6.04 Å². The molecule has 0 aromatic heterocycles. The second-order valence-electron chi connectivity index (χ2n) is 4.50. The molecule has 1 aliphatic heterocycles. The second-order valence-corrected chi connectivity index (χ2v) is 4.50. The van der Waals surface area contributed by atoms with Crippen LogP contribution >= 0.6 is 0 Å². The lowest BCUT2D eigenvalue weighted by molar-refractivity contribution is -0.117. The van der Waals surface area contributed by atoms with Crippen molar-refractivity contribution in [2.24, 2.45) is 0 Å². The highest BCUT2D eigenvalue weighted by atomic mass is 16.3. The molecular formula is C13H18N2O2. The Morgan fingerprint density at radius 2 is 2.18 bits per heavy atom. The molecule has 1 aromatic carbocycles. The number of aliphatic hydroxyl groups excluding tert-OH is 1. The van der Waals surface area contributed by atoms with Gasteiger partial charge in [0.15, 0.2) is 0 Å². The molecule has 1 aliphatic rings. The van der Waals surface area contributed by atoms with Crippen molar-refractivity contribution >= 4 is 11.6 Å². The van der Waals surface area contributed by atoms with Crippen molar-refractivity contribution in [1.29, 1.82) is 0 Å². The number of aliphatic hydroxyl groups is 1. The zero-order valence-electron chi connectivity index (χ0n) is 10.2. The lowest BCUT2D eigenvalue weighted by atomic mass is 10.00. The van der Waals surface area contributed by atoms with E-state index >= 15 is 0 Å². The molecule has 0 aliphatic carbocycles. The highest BCUT2D eigenvalue weighted by Crippen LogP contribution is 2.34. The summed E-state index contributed by atoms with van der Waals surface area (Å²) in [5.41, 5.74) is 4.23. The van der Waals surface area contributed by atoms with Crippen molar-refractivity contribution in [3.63, 3.8) is 0 Å². The van der Waals surface area contributed by atoms with Crippen LogP contribution in [0.4, 0.5) is 5.69 Å². The van der Waals surface area contributed by atoms with Crippen LogP contribution in [0.3, 0.4) is 0 Å². The smallest absolute Gasteiger partial charge is 0.246 e. The summed E-state index contributed by atoms with van der Waals surface area (Å²) in [5, 5.41) is 14.8. The summed E-state index contributed by atoms with van der Waals surface area (Å²) in [6.07, 6.45) is 0.657. The van der Waals surface area contributed by atoms with E-state index < -0.39 is 0 Å². The van der Waals surface area contributed by atoms with Gasteiger partial charge in [0, 0.05) is 17.9 Å². The number of carbonyl (C=O) groups is 1. The lowest BCUT2D eigenvalue weighted by Crippen LogP contribution is -2.29. The van der Waals surface area contributed by atoms with E-state index in [4.69, 9.17) is 5.11 Å². The Balaban J connectivity index is 2.24. The molecule has 1 amide bonds. The summed E-state index contributed by atoms with van der Waals surface area (Å²) in [7, 11) is 0. The van der Waals surface area contributed by atoms with Crippen molar-refractivity contribution in [3.8, 4) is 0 Å². The van der Waals surface area contributed by atoms with E-state index in [1.54, 1.807) is 0 Å². The van der Waals surface area contributed by atoms with Gasteiger partial charge in [0.05, 0.1) is 0 Å². The average molecular weight is 234 g/mol. The number of benzene rings is 1. The minimum atomic E-state index is -0.280. The maximum atomic E-state index is 11.9. The largest absolute Gasteiger partial charge is 0.396 e. The van der Waals surface area contributed by atoms with Gasteiger partial charge in [-0.2, -0.15) is 0 Å². The SMILES string of the molecule is Cc1cc(C)c2c(c1)NC(=O)C2NCCCO. The molecule has 1 aromatic rings. The molecule has 0 bridgehead atoms. The Bertz CT molecular complexity index is 443. The Labute approximate surface area is 101 Å². The van der Waals surface area contributed by atoms with Crippen molar-refractivity contribution in [1.82, 2.24) is 5.32 Å². The normalized spacial score (nSPS) is 18.1. The second kappa shape index (κ2) is 4.85. The molecule has 0 spiro atoms. The van der Waals surface area contributed by atoms with Gasteiger partial charge in [-0.3, -0.25) is 4.79 Å². The predicted molar refractivity (Wildman–Crippen MR) is 67.0 cm³/mol. The summed E-state index contributed by atoms with van der Waals surface area (Å²) in [4.78, 5) is 11.9. The molecule has 4 nitrogen and oxygen atoms in total. The standard InChI is InChI=1S/C13H18N2O2/c1-8-6-9(2)11-10(7-8)15-13(17)12(11)14-4-3-5-16/h6-7,12,14,16H,3-5H2,1-2H3,(H,15,17). The van der Waals surface area contributed by atoms with Crippen molar-refractivity contribution in [3.05, 3.63) is 28.8 Å². The van der Waals surface area contributed by atoms with Gasteiger partial charge >= 0.3 is 0 Å². The first-order valence-electron chi connectivity index (χ1n) is 5.89. The fourth-order valence-corrected chi connectivity index (χ4v) is 2.32. The molecule has 0 saturated heterocycles. The third-order valence-electron chi connectivity index (χ3n) is 3.02. The lowest BCUT2D eigenvalue weighted by Gasteiger charge is -2.13. The number of aryl methyl sites for hydroxylation is 2. The molecule has 3 N–H and O–H groups in total. The molecular weight excluding hydrogens is 216 g/mol. The van der Waals surface area contributed by atoms with Gasteiger partial charge in [-0.05, 0) is 44.0 Å². The van der Waals surface area contributed by atoms with Gasteiger partial charge in [-0.15, -0.1) is 0 Å². The zero-order valence-corrected chi connectivity index (χ0v) is 10.2. The summed E-state index contributed by atoms with van der Waals surface area (Å²) in [6.45, 7) is 4.82. The number of hydrogen-bond acceptors (Lipinski definition) is 3. The fourth-order valence-electron chi connectivity index (χ4n) is 2.32. The number of fused-ring (bicyclic) bond motifs is 1. The van der Waals surface area contributed by atoms with Gasteiger partial charge in [0.25, 0.3) is 0 Å². The molecule has 1 atom stereocenters. The molecule has 4 heteroatoms. The van der Waals surface area contributed by atoms with Crippen LogP contribution in [0.15, 0.2) is 12.1 Å². The quantitative estimate of drug-likeness (QED) is 0.687. The maximum Gasteiger partial charge on any atom is 0.246 e. The number of anilines is 1. The maximum absolute atomic E-state index is 11.9. The van der Waals surface area contributed by atoms with Crippen LogP contribution in [-0.4, -0.2) is 24.2 Å². The third kappa shape index (κ3) is 2.33. The van der Waals surface area contributed by atoms with Crippen molar-refractivity contribution in [2.75, 3.05) is 18.5 Å². The van der Waals surface area contributed by atoms with E-state index in [1.165, 1.54) is 0 Å². The van der Waals surface area contributed by atoms with Gasteiger partial charge < -0.3 is 15.7 Å². The van der Waals surface area contributed by atoms with E-state index in [1.807, 2.05) is 19.9 Å². The fraction of sp³-hybridized carbons (Fsp3) is 0.462. The Morgan fingerprint density at radius 3 is 2.88 bits per heavy atom. The zero-order chi connectivity index (χ0) is 12.4. The molecule has 0 saturated carbocycles. The molecule has 0 radical (unpaired) electrons. The summed E-state index contributed by atoms with van der Waals surface area (Å²) in [6, 6.07) is 3.80. The topological polar surface area (TPSA) is 61.4 Å². The van der Waals surface area contributed by atoms with Crippen LogP contribution < -0.4 is 10.6 Å². The van der Waals surface area contributed by atoms with Crippen LogP contribution in [0.1, 0.15) is 29.2 Å². The van der Waals surface area contributed by atoms with E-state index in [-0.39, 0.29) is 18.6 Å². The monoisotopic (exact) mass is 234 g/mol. The predicted octanol–water partition coefficient (Wildman–Crippen LogP) is 1.27. The number of hydrogen-bond donors (Lipinski definition) is 3. The number of amides is 1. The van der Waals surface area contributed by atoms with Crippen LogP contribution in [0, 0.1) is 13.8 Å². The van der Waals surface area contributed by atoms with Crippen LogP contribution in [-0.2, 0) is 4.79 Å². The van der Waals surface area contributed by atoms with E-state index in [0.29, 0.717) is 13.0 Å². The molecule has 0 fully saturated rings. The first-order valence-corrected chi connectivity index (χ1v) is 5.89. The third-order valence-corrected chi connectivity index (χ3v) is 3.02. The Kier molecular flexibility index (Phi) is 3.45. The number of carbonyl (C=O) groups excluding carboxylic acids is 1. The molecule has 17 heavy (non-hydrogen) atoms. The summed E-state index contributed by atoms with van der Waals surface area (Å²) < 4.78 is 0. The molecule has 92 valence electrons. The Hall–Kier alpha value is -1.39. The van der Waals surface area contributed by atoms with Crippen molar-refractivity contribution < 1.29 is 9.90 Å². The highest BCUT2D eigenvalue weighted by Gasteiger charge is 2.31. The van der Waals surface area contributed by atoms with E-state index in [9.17, 15) is 4.79 Å². The first-order chi connectivity index (χ1) is 8.13.